The van der Waals surface area contributed by atoms with Crippen LogP contribution in [0.4, 0.5) is 0 Å². The number of nitrogens with zero attached hydrogens (tertiary/aromatic N) is 6. The van der Waals surface area contributed by atoms with Crippen LogP contribution in [0.2, 0.25) is 0 Å². The number of hydrogen-bond acceptors (Lipinski definition) is 4. The molecule has 5 aromatic rings. The zero-order valence-electron chi connectivity index (χ0n) is 14.2. The minimum absolute atomic E-state index is 0.655. The van der Waals surface area contributed by atoms with E-state index >= 15 is 0 Å². The summed E-state index contributed by atoms with van der Waals surface area (Å²) in [6, 6.07) is 16.3. The topological polar surface area (TPSA) is 60.9 Å². The van der Waals surface area contributed by atoms with Crippen molar-refractivity contribution in [3.63, 3.8) is 0 Å². The Hall–Kier alpha value is -3.54. The lowest BCUT2D eigenvalue weighted by molar-refractivity contribution is 0.894. The summed E-state index contributed by atoms with van der Waals surface area (Å²) in [6.07, 6.45) is 6.08. The maximum Gasteiger partial charge on any atom is 0.181 e. The third kappa shape index (κ3) is 2.43. The highest BCUT2D eigenvalue weighted by Crippen LogP contribution is 2.21. The molecule has 0 atom stereocenters. The van der Waals surface area contributed by atoms with Gasteiger partial charge in [0.15, 0.2) is 11.5 Å². The molecule has 0 fully saturated rings. The summed E-state index contributed by atoms with van der Waals surface area (Å²) in [5.74, 6) is 0.769. The molecule has 6 nitrogen and oxygen atoms in total. The Morgan fingerprint density at radius 1 is 1.00 bits per heavy atom. The van der Waals surface area contributed by atoms with Gasteiger partial charge < -0.3 is 4.57 Å². The first-order valence-electron chi connectivity index (χ1n) is 8.43. The molecule has 0 N–H and O–H groups in total. The summed E-state index contributed by atoms with van der Waals surface area (Å²) in [7, 11) is 2.00. The first-order valence-corrected chi connectivity index (χ1v) is 8.43. The van der Waals surface area contributed by atoms with Crippen LogP contribution in [-0.2, 0) is 13.5 Å². The number of aromatic nitrogens is 6. The third-order valence-electron chi connectivity index (χ3n) is 4.50. The van der Waals surface area contributed by atoms with Crippen LogP contribution in [0.1, 0.15) is 11.4 Å². The van der Waals surface area contributed by atoms with Gasteiger partial charge in [-0.15, -0.1) is 0 Å². The zero-order chi connectivity index (χ0) is 17.5. The fraction of sp³-hybridized carbons (Fsp3) is 0.100. The van der Waals surface area contributed by atoms with Gasteiger partial charge in [0.25, 0.3) is 0 Å². The smallest absolute Gasteiger partial charge is 0.181 e. The molecular formula is C20H16N6. The van der Waals surface area contributed by atoms with E-state index in [9.17, 15) is 0 Å². The normalized spacial score (nSPS) is 11.4. The van der Waals surface area contributed by atoms with E-state index in [0.717, 1.165) is 39.3 Å². The van der Waals surface area contributed by atoms with Crippen molar-refractivity contribution in [1.29, 1.82) is 0 Å². The molecular weight excluding hydrogens is 324 g/mol. The van der Waals surface area contributed by atoms with E-state index in [4.69, 9.17) is 4.98 Å². The monoisotopic (exact) mass is 340 g/mol. The van der Waals surface area contributed by atoms with Crippen molar-refractivity contribution < 1.29 is 0 Å². The van der Waals surface area contributed by atoms with Crippen molar-refractivity contribution in [2.45, 2.75) is 6.42 Å². The molecule has 0 amide bonds. The van der Waals surface area contributed by atoms with E-state index < -0.39 is 0 Å². The minimum atomic E-state index is 0.655. The minimum Gasteiger partial charge on any atom is -0.334 e. The highest BCUT2D eigenvalue weighted by Gasteiger charge is 2.12. The van der Waals surface area contributed by atoms with Gasteiger partial charge in [0.2, 0.25) is 0 Å². The predicted octanol–water partition coefficient (Wildman–Crippen LogP) is 3.27. The Morgan fingerprint density at radius 3 is 2.77 bits per heavy atom. The fourth-order valence-electron chi connectivity index (χ4n) is 3.21. The molecule has 0 saturated heterocycles. The second kappa shape index (κ2) is 5.77. The third-order valence-corrected chi connectivity index (χ3v) is 4.50. The summed E-state index contributed by atoms with van der Waals surface area (Å²) < 4.78 is 3.81. The Balaban J connectivity index is 1.55. The average molecular weight is 340 g/mol. The van der Waals surface area contributed by atoms with Gasteiger partial charge >= 0.3 is 0 Å². The van der Waals surface area contributed by atoms with Crippen LogP contribution >= 0.6 is 0 Å². The molecule has 0 radical (unpaired) electrons. The van der Waals surface area contributed by atoms with E-state index in [1.165, 1.54) is 0 Å². The van der Waals surface area contributed by atoms with E-state index in [2.05, 4.69) is 33.3 Å². The van der Waals surface area contributed by atoms with Gasteiger partial charge in [0, 0.05) is 31.4 Å². The van der Waals surface area contributed by atoms with Gasteiger partial charge in [-0.05, 0) is 17.7 Å². The first-order chi connectivity index (χ1) is 12.8. The number of fused-ring (bicyclic) bond motifs is 2. The van der Waals surface area contributed by atoms with Crippen LogP contribution in [0.5, 0.6) is 0 Å². The lowest BCUT2D eigenvalue weighted by atomic mass is 10.1. The molecule has 0 aliphatic carbocycles. The Morgan fingerprint density at radius 2 is 1.88 bits per heavy atom. The number of hydrogen-bond donors (Lipinski definition) is 0. The molecule has 6 heteroatoms. The van der Waals surface area contributed by atoms with E-state index in [1.54, 1.807) is 10.7 Å². The van der Waals surface area contributed by atoms with E-state index in [1.807, 2.05) is 54.5 Å². The van der Waals surface area contributed by atoms with Gasteiger partial charge in [0.05, 0.1) is 17.4 Å². The van der Waals surface area contributed by atoms with Crippen molar-refractivity contribution >= 4 is 16.7 Å². The second-order valence-electron chi connectivity index (χ2n) is 6.29. The van der Waals surface area contributed by atoms with Crippen LogP contribution in [-0.4, -0.2) is 29.1 Å². The molecule has 3 heterocycles. The van der Waals surface area contributed by atoms with Crippen LogP contribution < -0.4 is 0 Å². The molecule has 0 aliphatic heterocycles. The highest BCUT2D eigenvalue weighted by atomic mass is 15.3. The molecule has 5 rings (SSSR count). The number of aryl methyl sites for hydroxylation is 1. The van der Waals surface area contributed by atoms with Crippen molar-refractivity contribution in [2.24, 2.45) is 7.05 Å². The molecule has 0 unspecified atom stereocenters. The highest BCUT2D eigenvalue weighted by molar-refractivity contribution is 5.76. The lowest BCUT2D eigenvalue weighted by Crippen LogP contribution is -1.93. The molecule has 0 aliphatic rings. The lowest BCUT2D eigenvalue weighted by Gasteiger charge is -2.00. The molecule has 26 heavy (non-hydrogen) atoms. The Labute approximate surface area is 149 Å². The average Bonchev–Trinajstić information content (AvgIpc) is 3.25. The first kappa shape index (κ1) is 14.8. The van der Waals surface area contributed by atoms with Gasteiger partial charge in [0.1, 0.15) is 5.69 Å². The summed E-state index contributed by atoms with van der Waals surface area (Å²) in [5, 5.41) is 4.62. The Kier molecular flexibility index (Phi) is 3.28. The van der Waals surface area contributed by atoms with Gasteiger partial charge in [-0.3, -0.25) is 4.98 Å². The van der Waals surface area contributed by atoms with Crippen molar-refractivity contribution in [3.8, 4) is 11.3 Å². The van der Waals surface area contributed by atoms with E-state index in [-0.39, 0.29) is 0 Å². The van der Waals surface area contributed by atoms with Crippen LogP contribution in [0, 0.1) is 0 Å². The van der Waals surface area contributed by atoms with E-state index in [0.29, 0.717) is 6.42 Å². The maximum absolute atomic E-state index is 4.73. The van der Waals surface area contributed by atoms with Crippen LogP contribution in [0.3, 0.4) is 0 Å². The number of rotatable bonds is 3. The summed E-state index contributed by atoms with van der Waals surface area (Å²) in [5.41, 5.74) is 5.89. The summed E-state index contributed by atoms with van der Waals surface area (Å²) in [4.78, 5) is 13.7. The molecule has 0 saturated carbocycles. The van der Waals surface area contributed by atoms with Gasteiger partial charge in [-0.2, -0.15) is 5.10 Å². The molecule has 2 aromatic carbocycles. The SMILES string of the molecule is Cn1cnc2cc(Cc3nc4c(-c5ccccc5)nccn4n3)ccc21. The van der Waals surface area contributed by atoms with Gasteiger partial charge in [-0.1, -0.05) is 36.4 Å². The number of imidazole rings is 1. The Bertz CT molecular complexity index is 1220. The molecule has 0 bridgehead atoms. The maximum atomic E-state index is 4.73. The molecule has 126 valence electrons. The van der Waals surface area contributed by atoms with Crippen LogP contribution in [0.15, 0.2) is 67.3 Å². The fourth-order valence-corrected chi connectivity index (χ4v) is 3.21. The standard InChI is InChI=1S/C20H16N6/c1-25-13-22-16-11-14(7-8-17(16)25)12-18-23-20-19(15-5-3-2-4-6-15)21-9-10-26(20)24-18/h2-11,13H,12H2,1H3. The second-order valence-corrected chi connectivity index (χ2v) is 6.29. The molecule has 3 aromatic heterocycles. The van der Waals surface area contributed by atoms with Crippen LogP contribution in [0.25, 0.3) is 27.9 Å². The number of benzene rings is 2. The van der Waals surface area contributed by atoms with Gasteiger partial charge in [-0.25, -0.2) is 14.5 Å². The summed E-state index contributed by atoms with van der Waals surface area (Å²) >= 11 is 0. The molecule has 0 spiro atoms. The van der Waals surface area contributed by atoms with Crippen molar-refractivity contribution in [1.82, 2.24) is 29.1 Å². The quantitative estimate of drug-likeness (QED) is 0.506. The predicted molar refractivity (Wildman–Crippen MR) is 99.7 cm³/mol. The van der Waals surface area contributed by atoms with Crippen molar-refractivity contribution in [3.05, 3.63) is 78.6 Å². The summed E-state index contributed by atoms with van der Waals surface area (Å²) in [6.45, 7) is 0. The largest absolute Gasteiger partial charge is 0.334 e. The zero-order valence-corrected chi connectivity index (χ0v) is 14.2. The van der Waals surface area contributed by atoms with Crippen molar-refractivity contribution in [2.75, 3.05) is 0 Å².